The highest BCUT2D eigenvalue weighted by Crippen LogP contribution is 2.38. The molecule has 1 fully saturated rings. The van der Waals surface area contributed by atoms with E-state index < -0.39 is 0 Å². The van der Waals surface area contributed by atoms with Crippen LogP contribution in [0.4, 0.5) is 0 Å². The van der Waals surface area contributed by atoms with E-state index in [2.05, 4.69) is 35.9 Å². The van der Waals surface area contributed by atoms with E-state index in [4.69, 9.17) is 16.3 Å². The number of unbranched alkanes of at least 4 members (excludes halogenated alkanes) is 3. The zero-order valence-electron chi connectivity index (χ0n) is 20.3. The van der Waals surface area contributed by atoms with E-state index in [1.165, 1.54) is 45.3 Å². The van der Waals surface area contributed by atoms with Crippen molar-refractivity contribution in [3.63, 3.8) is 0 Å². The van der Waals surface area contributed by atoms with E-state index in [1.54, 1.807) is 0 Å². The van der Waals surface area contributed by atoms with Gasteiger partial charge in [0.15, 0.2) is 0 Å². The Bertz CT molecular complexity index is 683. The Morgan fingerprint density at radius 3 is 2.41 bits per heavy atom. The molecule has 0 aliphatic heterocycles. The average molecular weight is 465 g/mol. The molecule has 0 amide bonds. The molecular weight excluding hydrogens is 424 g/mol. The van der Waals surface area contributed by atoms with Gasteiger partial charge < -0.3 is 9.47 Å². The molecule has 32 heavy (non-hydrogen) atoms. The fraction of sp³-hybridized carbons (Fsp3) is 0.630. The number of carbonyl (C=O) groups excluding carboxylic acids is 2. The van der Waals surface area contributed by atoms with Crippen LogP contribution >= 0.6 is 11.6 Å². The lowest BCUT2D eigenvalue weighted by molar-refractivity contribution is -0.147. The predicted octanol–water partition coefficient (Wildman–Crippen LogP) is 7.65. The molecule has 1 saturated carbocycles. The summed E-state index contributed by atoms with van der Waals surface area (Å²) in [6.45, 7) is 5.63. The molecule has 0 spiro atoms. The lowest BCUT2D eigenvalue weighted by atomic mass is 9.94. The van der Waals surface area contributed by atoms with E-state index in [1.807, 2.05) is 19.1 Å². The van der Waals surface area contributed by atoms with Crippen LogP contribution in [0, 0.1) is 0 Å². The van der Waals surface area contributed by atoms with Gasteiger partial charge in [-0.1, -0.05) is 62.6 Å². The summed E-state index contributed by atoms with van der Waals surface area (Å²) >= 11 is 6.40. The van der Waals surface area contributed by atoms with Gasteiger partial charge in [-0.15, -0.1) is 11.6 Å². The van der Waals surface area contributed by atoms with Gasteiger partial charge in [0.05, 0.1) is 7.11 Å². The molecule has 0 heterocycles. The van der Waals surface area contributed by atoms with Crippen molar-refractivity contribution in [2.45, 2.75) is 102 Å². The van der Waals surface area contributed by atoms with Crippen molar-refractivity contribution >= 4 is 23.5 Å². The topological polar surface area (TPSA) is 52.6 Å². The number of esters is 2. The highest BCUT2D eigenvalue weighted by molar-refractivity contribution is 6.21. The second kappa shape index (κ2) is 16.8. The first-order valence-corrected chi connectivity index (χ1v) is 12.5. The average Bonchev–Trinajstić information content (AvgIpc) is 3.22. The molecule has 5 heteroatoms. The molecular formula is C27H41ClO4. The van der Waals surface area contributed by atoms with Crippen molar-refractivity contribution in [1.82, 2.24) is 0 Å². The highest BCUT2D eigenvalue weighted by atomic mass is 35.5. The molecule has 3 unspecified atom stereocenters. The molecule has 180 valence electrons. The van der Waals surface area contributed by atoms with Crippen molar-refractivity contribution in [1.29, 1.82) is 0 Å². The zero-order valence-corrected chi connectivity index (χ0v) is 21.0. The Morgan fingerprint density at radius 1 is 1.16 bits per heavy atom. The Kier molecular flexibility index (Phi) is 14.8. The molecule has 1 aromatic rings. The van der Waals surface area contributed by atoms with Crippen LogP contribution < -0.4 is 0 Å². The van der Waals surface area contributed by atoms with Crippen molar-refractivity contribution in [2.24, 2.45) is 0 Å². The summed E-state index contributed by atoms with van der Waals surface area (Å²) in [5.41, 5.74) is 2.41. The van der Waals surface area contributed by atoms with Crippen LogP contribution in [0.3, 0.4) is 0 Å². The summed E-state index contributed by atoms with van der Waals surface area (Å²) in [5.74, 6) is 0.148. The minimum absolute atomic E-state index is 0.117. The highest BCUT2D eigenvalue weighted by Gasteiger charge is 2.26. The van der Waals surface area contributed by atoms with E-state index in [9.17, 15) is 9.59 Å². The summed E-state index contributed by atoms with van der Waals surface area (Å²) < 4.78 is 9.97. The molecule has 4 nitrogen and oxygen atoms in total. The fourth-order valence-electron chi connectivity index (χ4n) is 3.95. The van der Waals surface area contributed by atoms with E-state index in [0.717, 1.165) is 37.7 Å². The smallest absolute Gasteiger partial charge is 0.305 e. The number of halogens is 1. The maximum atomic E-state index is 11.3. The van der Waals surface area contributed by atoms with Gasteiger partial charge in [-0.05, 0) is 56.6 Å². The number of hydrogen-bond acceptors (Lipinski definition) is 4. The molecule has 0 N–H and O–H groups in total. The van der Waals surface area contributed by atoms with Gasteiger partial charge in [0.2, 0.25) is 0 Å². The van der Waals surface area contributed by atoms with Crippen molar-refractivity contribution in [3.05, 3.63) is 47.5 Å². The summed E-state index contributed by atoms with van der Waals surface area (Å²) in [6, 6.07) is 8.54. The Labute approximate surface area is 199 Å². The maximum absolute atomic E-state index is 11.3. The molecule has 3 atom stereocenters. The van der Waals surface area contributed by atoms with Crippen LogP contribution in [-0.4, -0.2) is 24.4 Å². The second-order valence-corrected chi connectivity index (χ2v) is 8.91. The van der Waals surface area contributed by atoms with Crippen molar-refractivity contribution in [3.8, 4) is 0 Å². The summed E-state index contributed by atoms with van der Waals surface area (Å²) in [5, 5.41) is 0.264. The van der Waals surface area contributed by atoms with Gasteiger partial charge in [0.25, 0.3) is 0 Å². The maximum Gasteiger partial charge on any atom is 0.305 e. The van der Waals surface area contributed by atoms with Crippen molar-refractivity contribution < 1.29 is 19.1 Å². The van der Waals surface area contributed by atoms with Crippen LogP contribution in [0.5, 0.6) is 0 Å². The first kappa shape index (κ1) is 28.2. The molecule has 0 radical (unpaired) electrons. The van der Waals surface area contributed by atoms with Crippen LogP contribution in [0.1, 0.15) is 108 Å². The number of methoxy groups -OCH3 is 1. The first-order chi connectivity index (χ1) is 15.4. The van der Waals surface area contributed by atoms with Crippen LogP contribution in [0.15, 0.2) is 36.4 Å². The second-order valence-electron chi connectivity index (χ2n) is 8.35. The number of allylic oxidation sites excluding steroid dienone is 2. The van der Waals surface area contributed by atoms with Crippen molar-refractivity contribution in [2.75, 3.05) is 7.11 Å². The molecule has 2 rings (SSSR count). The van der Waals surface area contributed by atoms with Crippen LogP contribution in [-0.2, 0) is 19.1 Å². The number of alkyl halides is 1. The Morgan fingerprint density at radius 2 is 1.88 bits per heavy atom. The minimum atomic E-state index is -0.206. The van der Waals surface area contributed by atoms with Gasteiger partial charge in [-0.25, -0.2) is 0 Å². The third kappa shape index (κ3) is 11.2. The normalized spacial score (nSPS) is 18.7. The van der Waals surface area contributed by atoms with E-state index >= 15 is 0 Å². The number of carbonyl (C=O) groups is 2. The summed E-state index contributed by atoms with van der Waals surface area (Å²) in [4.78, 5) is 21.9. The Balaban J connectivity index is 0.000000433. The van der Waals surface area contributed by atoms with Crippen LogP contribution in [0.2, 0.25) is 0 Å². The Hall–Kier alpha value is -1.81. The van der Waals surface area contributed by atoms with Gasteiger partial charge in [0, 0.05) is 24.6 Å². The molecule has 1 aliphatic carbocycles. The molecule has 0 saturated heterocycles. The summed E-state index contributed by atoms with van der Waals surface area (Å²) in [7, 11) is 1.41. The molecule has 0 bridgehead atoms. The van der Waals surface area contributed by atoms with Gasteiger partial charge in [-0.3, -0.25) is 9.59 Å². The molecule has 1 aliphatic rings. The quantitative estimate of drug-likeness (QED) is 0.146. The molecule has 0 aromatic heterocycles. The largest absolute Gasteiger partial charge is 0.469 e. The lowest BCUT2D eigenvalue weighted by Gasteiger charge is -2.19. The SMILES string of the molecule is C/C=C\CCCC(=O)OC.CCCCCC(OC(C)=O)c1ccc(C2CCCC2Cl)cc1. The third-order valence-corrected chi connectivity index (χ3v) is 6.28. The van der Waals surface area contributed by atoms with Gasteiger partial charge in [0.1, 0.15) is 6.10 Å². The fourth-order valence-corrected chi connectivity index (χ4v) is 4.38. The number of hydrogen-bond donors (Lipinski definition) is 0. The zero-order chi connectivity index (χ0) is 23.8. The summed E-state index contributed by atoms with van der Waals surface area (Å²) in [6.07, 6.45) is 14.1. The number of ether oxygens (including phenoxy) is 2. The number of benzene rings is 1. The van der Waals surface area contributed by atoms with E-state index in [-0.39, 0.29) is 23.4 Å². The number of rotatable bonds is 11. The predicted molar refractivity (Wildman–Crippen MR) is 132 cm³/mol. The van der Waals surface area contributed by atoms with E-state index in [0.29, 0.717) is 12.3 Å². The standard InChI is InChI=1S/C19H27ClO2.C8H14O2/c1-3-4-5-9-19(22-14(2)21)16-12-10-15(11-13-16)17-7-6-8-18(17)20;1-3-4-5-6-7-8(9)10-2/h10-13,17-19H,3-9H2,1-2H3;3-4H,5-7H2,1-2H3/b;4-3-. The third-order valence-electron chi connectivity index (χ3n) is 5.76. The minimum Gasteiger partial charge on any atom is -0.469 e. The molecule has 1 aromatic carbocycles. The van der Waals surface area contributed by atoms with Gasteiger partial charge >= 0.3 is 11.9 Å². The van der Waals surface area contributed by atoms with Crippen LogP contribution in [0.25, 0.3) is 0 Å². The van der Waals surface area contributed by atoms with Gasteiger partial charge in [-0.2, -0.15) is 0 Å². The first-order valence-electron chi connectivity index (χ1n) is 12.0. The monoisotopic (exact) mass is 464 g/mol. The lowest BCUT2D eigenvalue weighted by Crippen LogP contribution is -2.10.